The Morgan fingerprint density at radius 1 is 0.955 bits per heavy atom. The van der Waals surface area contributed by atoms with E-state index in [-0.39, 0.29) is 28.8 Å². The molecule has 8 heteroatoms. The molecule has 0 aliphatic carbocycles. The van der Waals surface area contributed by atoms with Crippen LogP contribution < -0.4 is 18.9 Å². The number of hydrogen-bond acceptors (Lipinski definition) is 4. The quantitative estimate of drug-likeness (QED) is 0.462. The van der Waals surface area contributed by atoms with Crippen molar-refractivity contribution < 1.29 is 36.0 Å². The van der Waals surface area contributed by atoms with Gasteiger partial charge in [-0.3, -0.25) is 4.21 Å². The summed E-state index contributed by atoms with van der Waals surface area (Å²) in [5.74, 6) is 0. The van der Waals surface area contributed by atoms with E-state index in [4.69, 9.17) is 0 Å². The van der Waals surface area contributed by atoms with E-state index < -0.39 is 21.1 Å². The first-order chi connectivity index (χ1) is 10.0. The predicted octanol–water partition coefficient (Wildman–Crippen LogP) is -0.880. The summed E-state index contributed by atoms with van der Waals surface area (Å²) in [5.41, 5.74) is 0.334. The summed E-state index contributed by atoms with van der Waals surface area (Å²) >= 11 is -2.66. The van der Waals surface area contributed by atoms with Crippen molar-refractivity contribution in [2.75, 3.05) is 0 Å². The Bertz CT molecular complexity index is 936. The standard InChI is InChI=1S/C14H11NO4S2.Li/c16-20(17)14-10-11-6-4-5-9-13(11)15(14)21(18,19)12-7-2-1-3-8-12;/h1-10H,(H,16,17);/q;+1/p-1. The summed E-state index contributed by atoms with van der Waals surface area (Å²) < 4.78 is 49.1. The van der Waals surface area contributed by atoms with Crippen LogP contribution in [0.4, 0.5) is 0 Å². The van der Waals surface area contributed by atoms with E-state index >= 15 is 0 Å². The minimum atomic E-state index is -3.97. The third kappa shape index (κ3) is 2.78. The second-order valence-corrected chi connectivity index (χ2v) is 7.03. The second kappa shape index (κ2) is 6.40. The molecule has 1 heterocycles. The van der Waals surface area contributed by atoms with E-state index in [1.54, 1.807) is 42.5 Å². The van der Waals surface area contributed by atoms with E-state index in [9.17, 15) is 17.2 Å². The molecule has 2 aromatic carbocycles. The van der Waals surface area contributed by atoms with Gasteiger partial charge in [-0.1, -0.05) is 36.4 Å². The van der Waals surface area contributed by atoms with E-state index in [1.807, 2.05) is 0 Å². The Balaban J connectivity index is 0.00000176. The Kier molecular flexibility index (Phi) is 4.95. The second-order valence-electron chi connectivity index (χ2n) is 4.36. The normalized spacial score (nSPS) is 12.8. The monoisotopic (exact) mass is 327 g/mol. The van der Waals surface area contributed by atoms with E-state index in [0.29, 0.717) is 10.9 Å². The van der Waals surface area contributed by atoms with Crippen molar-refractivity contribution in [3.63, 3.8) is 0 Å². The van der Waals surface area contributed by atoms with Crippen molar-refractivity contribution in [1.29, 1.82) is 0 Å². The molecular weight excluding hydrogens is 317 g/mol. The molecule has 0 saturated carbocycles. The molecule has 1 unspecified atom stereocenters. The molecule has 22 heavy (non-hydrogen) atoms. The van der Waals surface area contributed by atoms with Gasteiger partial charge in [-0.2, -0.15) is 0 Å². The van der Waals surface area contributed by atoms with Crippen molar-refractivity contribution in [2.24, 2.45) is 0 Å². The number of rotatable bonds is 3. The topological polar surface area (TPSA) is 79.2 Å². The van der Waals surface area contributed by atoms with Crippen LogP contribution in [-0.4, -0.2) is 21.2 Å². The van der Waals surface area contributed by atoms with Crippen LogP contribution in [0.3, 0.4) is 0 Å². The Morgan fingerprint density at radius 2 is 1.55 bits per heavy atom. The van der Waals surface area contributed by atoms with Crippen molar-refractivity contribution in [3.8, 4) is 0 Å². The van der Waals surface area contributed by atoms with Crippen molar-refractivity contribution in [3.05, 3.63) is 60.7 Å². The minimum absolute atomic E-state index is 0. The number of fused-ring (bicyclic) bond motifs is 1. The molecule has 0 aliphatic rings. The zero-order chi connectivity index (χ0) is 15.0. The van der Waals surface area contributed by atoms with E-state index in [1.165, 1.54) is 18.2 Å². The average Bonchev–Trinajstić information content (AvgIpc) is 2.88. The van der Waals surface area contributed by atoms with Gasteiger partial charge >= 0.3 is 18.9 Å². The van der Waals surface area contributed by atoms with Gasteiger partial charge in [0, 0.05) is 5.39 Å². The van der Waals surface area contributed by atoms with Crippen LogP contribution in [0, 0.1) is 0 Å². The Hall–Kier alpha value is -1.36. The Labute approximate surface area is 142 Å². The molecule has 0 radical (unpaired) electrons. The molecule has 0 aliphatic heterocycles. The van der Waals surface area contributed by atoms with Gasteiger partial charge in [-0.15, -0.1) is 0 Å². The average molecular weight is 327 g/mol. The van der Waals surface area contributed by atoms with Crippen LogP contribution in [0.2, 0.25) is 0 Å². The van der Waals surface area contributed by atoms with Gasteiger partial charge in [0.2, 0.25) is 0 Å². The molecular formula is C14H10LiNO4S2. The van der Waals surface area contributed by atoms with Gasteiger partial charge in [-0.05, 0) is 35.3 Å². The predicted molar refractivity (Wildman–Crippen MR) is 78.1 cm³/mol. The smallest absolute Gasteiger partial charge is 0.767 e. The van der Waals surface area contributed by atoms with Crippen molar-refractivity contribution in [2.45, 2.75) is 9.92 Å². The third-order valence-electron chi connectivity index (χ3n) is 3.09. The fraction of sp³-hybridized carbons (Fsp3) is 0. The van der Waals surface area contributed by atoms with Crippen molar-refractivity contribution in [1.82, 2.24) is 3.97 Å². The molecule has 1 atom stereocenters. The number of nitrogens with zero attached hydrogens (tertiary/aromatic N) is 1. The maximum atomic E-state index is 12.7. The van der Waals surface area contributed by atoms with Gasteiger partial charge in [0.05, 0.1) is 10.4 Å². The van der Waals surface area contributed by atoms with Crippen LogP contribution in [0.1, 0.15) is 0 Å². The number of benzene rings is 2. The molecule has 5 nitrogen and oxygen atoms in total. The summed E-state index contributed by atoms with van der Waals surface area (Å²) in [4.78, 5) is 0.0399. The first-order valence-electron chi connectivity index (χ1n) is 6.02. The van der Waals surface area contributed by atoms with Gasteiger partial charge in [0.1, 0.15) is 5.03 Å². The SMILES string of the molecule is O=S([O-])c1cc2ccccc2n1S(=O)(=O)c1ccccc1.[Li+]. The van der Waals surface area contributed by atoms with Gasteiger partial charge < -0.3 is 4.55 Å². The summed E-state index contributed by atoms with van der Waals surface area (Å²) in [6, 6.07) is 15.7. The van der Waals surface area contributed by atoms with Crippen LogP contribution in [-0.2, 0) is 21.1 Å². The Morgan fingerprint density at radius 3 is 2.18 bits per heavy atom. The summed E-state index contributed by atoms with van der Waals surface area (Å²) in [5, 5.41) is 0.274. The number of para-hydroxylation sites is 1. The fourth-order valence-corrected chi connectivity index (χ4v) is 4.53. The molecule has 0 N–H and O–H groups in total. The molecule has 0 amide bonds. The molecule has 3 rings (SSSR count). The van der Waals surface area contributed by atoms with Gasteiger partial charge in [0.25, 0.3) is 10.0 Å². The zero-order valence-electron chi connectivity index (χ0n) is 11.7. The summed E-state index contributed by atoms with van der Waals surface area (Å²) in [6.45, 7) is 0. The number of hydrogen-bond donors (Lipinski definition) is 0. The molecule has 0 fully saturated rings. The van der Waals surface area contributed by atoms with Gasteiger partial charge in [-0.25, -0.2) is 12.4 Å². The zero-order valence-corrected chi connectivity index (χ0v) is 13.3. The number of aromatic nitrogens is 1. The van der Waals surface area contributed by atoms with Crippen LogP contribution in [0.5, 0.6) is 0 Å². The minimum Gasteiger partial charge on any atom is -0.767 e. The molecule has 3 aromatic rings. The summed E-state index contributed by atoms with van der Waals surface area (Å²) in [7, 11) is -3.97. The molecule has 0 spiro atoms. The maximum Gasteiger partial charge on any atom is 1.00 e. The first-order valence-corrected chi connectivity index (χ1v) is 8.54. The summed E-state index contributed by atoms with van der Waals surface area (Å²) in [6.07, 6.45) is 0. The van der Waals surface area contributed by atoms with Gasteiger partial charge in [0.15, 0.2) is 0 Å². The molecule has 108 valence electrons. The molecule has 1 aromatic heterocycles. The molecule has 0 bridgehead atoms. The maximum absolute atomic E-state index is 12.7. The van der Waals surface area contributed by atoms with Crippen LogP contribution in [0.25, 0.3) is 10.9 Å². The largest absolute Gasteiger partial charge is 1.00 e. The third-order valence-corrected chi connectivity index (χ3v) is 5.59. The van der Waals surface area contributed by atoms with Crippen LogP contribution in [0.15, 0.2) is 70.6 Å². The van der Waals surface area contributed by atoms with E-state index in [0.717, 1.165) is 3.97 Å². The fourth-order valence-electron chi connectivity index (χ4n) is 2.17. The molecule has 0 saturated heterocycles. The van der Waals surface area contributed by atoms with E-state index in [2.05, 4.69) is 0 Å². The van der Waals surface area contributed by atoms with Crippen LogP contribution >= 0.6 is 0 Å². The first kappa shape index (κ1) is 17.0. The van der Waals surface area contributed by atoms with Crippen molar-refractivity contribution >= 4 is 32.0 Å².